The molecule has 12 heavy (non-hydrogen) atoms. The monoisotopic (exact) mass is 194 g/mol. The van der Waals surface area contributed by atoms with Gasteiger partial charge in [0.05, 0.1) is 18.6 Å². The van der Waals surface area contributed by atoms with Crippen LogP contribution in [0.1, 0.15) is 19.3 Å². The molecule has 1 heterocycles. The molecule has 1 aliphatic heterocycles. The molecule has 0 aliphatic carbocycles. The fraction of sp³-hybridized carbons (Fsp3) is 1.00. The smallest absolute Gasteiger partial charge is 0.157 e. The summed E-state index contributed by atoms with van der Waals surface area (Å²) < 4.78 is 10.6. The predicted molar refractivity (Wildman–Crippen MR) is 46.3 cm³/mol. The number of ether oxygens (including phenoxy) is 2. The van der Waals surface area contributed by atoms with E-state index in [0.29, 0.717) is 0 Å². The lowest BCUT2D eigenvalue weighted by Crippen LogP contribution is -2.27. The Morgan fingerprint density at radius 1 is 1.58 bits per heavy atom. The Hall–Kier alpha value is 0.170. The first kappa shape index (κ1) is 10.3. The Bertz CT molecular complexity index is 115. The summed E-state index contributed by atoms with van der Waals surface area (Å²) in [6.45, 7) is 1.04. The second-order valence-electron chi connectivity index (χ2n) is 2.94. The van der Waals surface area contributed by atoms with Crippen LogP contribution in [0.5, 0.6) is 0 Å². The number of aliphatic hydroxyl groups is 1. The van der Waals surface area contributed by atoms with E-state index in [9.17, 15) is 0 Å². The minimum Gasteiger partial charge on any atom is -0.389 e. The number of aliphatic hydroxyl groups excluding tert-OH is 1. The van der Waals surface area contributed by atoms with Crippen LogP contribution in [0.25, 0.3) is 0 Å². The largest absolute Gasteiger partial charge is 0.389 e. The molecule has 1 saturated heterocycles. The van der Waals surface area contributed by atoms with Gasteiger partial charge < -0.3 is 14.6 Å². The molecule has 0 spiro atoms. The van der Waals surface area contributed by atoms with E-state index >= 15 is 0 Å². The second kappa shape index (κ2) is 5.75. The Kier molecular flexibility index (Phi) is 4.92. The second-order valence-corrected chi connectivity index (χ2v) is 3.25. The molecule has 0 aromatic rings. The van der Waals surface area contributed by atoms with Crippen molar-refractivity contribution in [3.8, 4) is 0 Å². The summed E-state index contributed by atoms with van der Waals surface area (Å²) in [6, 6.07) is 0. The van der Waals surface area contributed by atoms with E-state index in [1.54, 1.807) is 0 Å². The van der Waals surface area contributed by atoms with Gasteiger partial charge in [0.2, 0.25) is 0 Å². The topological polar surface area (TPSA) is 38.7 Å². The molecule has 0 saturated carbocycles. The van der Waals surface area contributed by atoms with Crippen molar-refractivity contribution < 1.29 is 14.6 Å². The zero-order chi connectivity index (χ0) is 8.81. The van der Waals surface area contributed by atoms with Crippen LogP contribution in [0.15, 0.2) is 0 Å². The molecule has 0 bridgehead atoms. The van der Waals surface area contributed by atoms with E-state index in [1.165, 1.54) is 0 Å². The van der Waals surface area contributed by atoms with Crippen molar-refractivity contribution in [3.05, 3.63) is 0 Å². The summed E-state index contributed by atoms with van der Waals surface area (Å²) in [5, 5.41) is 9.08. The summed E-state index contributed by atoms with van der Waals surface area (Å²) >= 11 is 5.40. The van der Waals surface area contributed by atoms with Gasteiger partial charge in [-0.05, 0) is 19.3 Å². The highest BCUT2D eigenvalue weighted by atomic mass is 35.5. The van der Waals surface area contributed by atoms with Crippen LogP contribution in [0.4, 0.5) is 0 Å². The zero-order valence-electron chi connectivity index (χ0n) is 7.04. The average molecular weight is 195 g/mol. The third-order valence-electron chi connectivity index (χ3n) is 1.79. The third-order valence-corrected chi connectivity index (χ3v) is 2.15. The summed E-state index contributed by atoms with van der Waals surface area (Å²) in [5.74, 6) is 0.215. The van der Waals surface area contributed by atoms with E-state index < -0.39 is 6.10 Å². The highest BCUT2D eigenvalue weighted by molar-refractivity contribution is 6.18. The molecule has 2 unspecified atom stereocenters. The summed E-state index contributed by atoms with van der Waals surface area (Å²) in [7, 11) is 0. The minimum atomic E-state index is -0.572. The van der Waals surface area contributed by atoms with Gasteiger partial charge in [-0.1, -0.05) is 0 Å². The molecular formula is C8H15ClO3. The molecular weight excluding hydrogens is 180 g/mol. The van der Waals surface area contributed by atoms with Crippen molar-refractivity contribution in [1.82, 2.24) is 0 Å². The molecule has 1 fully saturated rings. The molecule has 1 aliphatic rings. The van der Waals surface area contributed by atoms with Crippen molar-refractivity contribution in [2.24, 2.45) is 0 Å². The zero-order valence-corrected chi connectivity index (χ0v) is 7.79. The van der Waals surface area contributed by atoms with Crippen LogP contribution in [0.2, 0.25) is 0 Å². The van der Waals surface area contributed by atoms with Gasteiger partial charge in [-0.2, -0.15) is 0 Å². The molecule has 0 radical (unpaired) electrons. The van der Waals surface area contributed by atoms with Gasteiger partial charge in [-0.25, -0.2) is 0 Å². The standard InChI is InChI=1S/C8H15ClO3/c9-5-7(10)6-12-8-3-1-2-4-11-8/h7-8,10H,1-6H2. The van der Waals surface area contributed by atoms with Crippen molar-refractivity contribution in [3.63, 3.8) is 0 Å². The maximum atomic E-state index is 9.08. The highest BCUT2D eigenvalue weighted by Crippen LogP contribution is 2.13. The molecule has 0 amide bonds. The highest BCUT2D eigenvalue weighted by Gasteiger charge is 2.15. The number of alkyl halides is 1. The minimum absolute atomic E-state index is 0.128. The summed E-state index contributed by atoms with van der Waals surface area (Å²) in [4.78, 5) is 0. The Morgan fingerprint density at radius 2 is 2.42 bits per heavy atom. The maximum absolute atomic E-state index is 9.08. The average Bonchev–Trinajstić information content (AvgIpc) is 2.16. The number of halogens is 1. The first-order valence-electron chi connectivity index (χ1n) is 4.30. The number of hydrogen-bond donors (Lipinski definition) is 1. The van der Waals surface area contributed by atoms with Gasteiger partial charge in [-0.15, -0.1) is 11.6 Å². The Labute approximate surface area is 77.6 Å². The van der Waals surface area contributed by atoms with Crippen molar-refractivity contribution in [2.75, 3.05) is 19.1 Å². The fourth-order valence-corrected chi connectivity index (χ4v) is 1.19. The van der Waals surface area contributed by atoms with E-state index in [-0.39, 0.29) is 18.8 Å². The lowest BCUT2D eigenvalue weighted by atomic mass is 10.2. The van der Waals surface area contributed by atoms with Gasteiger partial charge >= 0.3 is 0 Å². The van der Waals surface area contributed by atoms with Crippen molar-refractivity contribution in [1.29, 1.82) is 0 Å². The fourth-order valence-electron chi connectivity index (χ4n) is 1.11. The Balaban J connectivity index is 2.05. The van der Waals surface area contributed by atoms with E-state index in [0.717, 1.165) is 25.9 Å². The molecule has 3 nitrogen and oxygen atoms in total. The number of rotatable bonds is 4. The molecule has 1 N–H and O–H groups in total. The van der Waals surface area contributed by atoms with Gasteiger partial charge in [0.15, 0.2) is 6.29 Å². The maximum Gasteiger partial charge on any atom is 0.157 e. The first-order chi connectivity index (χ1) is 5.83. The number of hydrogen-bond acceptors (Lipinski definition) is 3. The van der Waals surface area contributed by atoms with E-state index in [1.807, 2.05) is 0 Å². The van der Waals surface area contributed by atoms with Crippen LogP contribution >= 0.6 is 11.6 Å². The van der Waals surface area contributed by atoms with Crippen LogP contribution < -0.4 is 0 Å². The SMILES string of the molecule is OC(CCl)COC1CCCCO1. The molecule has 0 aromatic heterocycles. The van der Waals surface area contributed by atoms with Gasteiger partial charge in [0.25, 0.3) is 0 Å². The quantitative estimate of drug-likeness (QED) is 0.682. The molecule has 4 heteroatoms. The van der Waals surface area contributed by atoms with Gasteiger partial charge in [0, 0.05) is 6.61 Å². The van der Waals surface area contributed by atoms with E-state index in [4.69, 9.17) is 26.2 Å². The molecule has 1 rings (SSSR count). The first-order valence-corrected chi connectivity index (χ1v) is 4.83. The normalized spacial score (nSPS) is 27.0. The van der Waals surface area contributed by atoms with Gasteiger partial charge in [0.1, 0.15) is 0 Å². The molecule has 2 atom stereocenters. The lowest BCUT2D eigenvalue weighted by molar-refractivity contribution is -0.173. The third kappa shape index (κ3) is 3.72. The summed E-state index contributed by atoms with van der Waals surface area (Å²) in [5.41, 5.74) is 0. The summed E-state index contributed by atoms with van der Waals surface area (Å²) in [6.07, 6.45) is 2.47. The molecule has 0 aromatic carbocycles. The molecule has 72 valence electrons. The van der Waals surface area contributed by atoms with Crippen LogP contribution in [-0.4, -0.2) is 36.6 Å². The van der Waals surface area contributed by atoms with Crippen LogP contribution in [0.3, 0.4) is 0 Å². The van der Waals surface area contributed by atoms with Crippen molar-refractivity contribution >= 4 is 11.6 Å². The van der Waals surface area contributed by atoms with E-state index in [2.05, 4.69) is 0 Å². The van der Waals surface area contributed by atoms with Crippen LogP contribution in [-0.2, 0) is 9.47 Å². The predicted octanol–water partition coefficient (Wildman–Crippen LogP) is 1.13. The van der Waals surface area contributed by atoms with Crippen LogP contribution in [0, 0.1) is 0 Å². The lowest BCUT2D eigenvalue weighted by Gasteiger charge is -2.23. The van der Waals surface area contributed by atoms with Crippen molar-refractivity contribution in [2.45, 2.75) is 31.7 Å². The Morgan fingerprint density at radius 3 is 3.00 bits per heavy atom. The van der Waals surface area contributed by atoms with Gasteiger partial charge in [-0.3, -0.25) is 0 Å².